The first-order chi connectivity index (χ1) is 11.2. The first-order valence-electron chi connectivity index (χ1n) is 7.72. The number of fused-ring (bicyclic) bond motifs is 1. The third-order valence-corrected chi connectivity index (χ3v) is 5.39. The maximum absolute atomic E-state index is 12.6. The fraction of sp³-hybridized carbons (Fsp3) is 0.625. The highest BCUT2D eigenvalue weighted by Gasteiger charge is 2.53. The number of aryl methyl sites for hydroxylation is 1. The van der Waals surface area contributed by atoms with E-state index in [2.05, 4.69) is 0 Å². The molecule has 0 aliphatic carbocycles. The number of hydrogen-bond acceptors (Lipinski definition) is 7. The Morgan fingerprint density at radius 2 is 1.88 bits per heavy atom. The Morgan fingerprint density at radius 1 is 1.21 bits per heavy atom. The average Bonchev–Trinajstić information content (AvgIpc) is 2.83. The largest absolute Gasteiger partial charge is 0.353 e. The standard InChI is InChI=1S/C16H22O7S/c1-10-5-7-11(8-6-10)24(17,18)23-14-13-12(21-15(14)19-4)9-20-16(2,3)22-13/h5-8,12-15H,9H2,1-4H3/t12-,13+,14-,15-/m1/s1. The molecule has 1 aromatic carbocycles. The second-order valence-corrected chi connectivity index (χ2v) is 7.97. The molecule has 2 fully saturated rings. The van der Waals surface area contributed by atoms with Crippen molar-refractivity contribution in [1.82, 2.24) is 0 Å². The van der Waals surface area contributed by atoms with Crippen LogP contribution in [0.15, 0.2) is 29.2 Å². The van der Waals surface area contributed by atoms with Crippen LogP contribution >= 0.6 is 0 Å². The normalized spacial score (nSPS) is 32.5. The molecule has 2 saturated heterocycles. The number of rotatable bonds is 4. The lowest BCUT2D eigenvalue weighted by Crippen LogP contribution is -2.51. The predicted octanol–water partition coefficient (Wildman–Crippen LogP) is 1.59. The molecule has 2 aliphatic rings. The molecule has 7 nitrogen and oxygen atoms in total. The first-order valence-corrected chi connectivity index (χ1v) is 9.13. The molecule has 2 aliphatic heterocycles. The number of benzene rings is 1. The molecular weight excluding hydrogens is 336 g/mol. The van der Waals surface area contributed by atoms with Crippen LogP contribution < -0.4 is 0 Å². The molecule has 0 unspecified atom stereocenters. The maximum Gasteiger partial charge on any atom is 0.297 e. The highest BCUT2D eigenvalue weighted by molar-refractivity contribution is 7.86. The van der Waals surface area contributed by atoms with Crippen molar-refractivity contribution in [2.24, 2.45) is 0 Å². The summed E-state index contributed by atoms with van der Waals surface area (Å²) in [5.74, 6) is -0.845. The van der Waals surface area contributed by atoms with Crippen LogP contribution in [0.2, 0.25) is 0 Å². The summed E-state index contributed by atoms with van der Waals surface area (Å²) in [5.41, 5.74) is 0.961. The second-order valence-electron chi connectivity index (χ2n) is 6.40. The van der Waals surface area contributed by atoms with Gasteiger partial charge in [0.15, 0.2) is 18.2 Å². The molecule has 8 heteroatoms. The second kappa shape index (κ2) is 6.36. The number of ether oxygens (including phenoxy) is 4. The highest BCUT2D eigenvalue weighted by atomic mass is 32.2. The van der Waals surface area contributed by atoms with E-state index in [1.54, 1.807) is 26.0 Å². The lowest BCUT2D eigenvalue weighted by atomic mass is 10.1. The lowest BCUT2D eigenvalue weighted by Gasteiger charge is -2.38. The minimum atomic E-state index is -3.97. The molecule has 0 radical (unpaired) electrons. The molecule has 4 atom stereocenters. The van der Waals surface area contributed by atoms with Gasteiger partial charge in [-0.25, -0.2) is 0 Å². The van der Waals surface area contributed by atoms with Crippen molar-refractivity contribution >= 4 is 10.1 Å². The first kappa shape index (κ1) is 17.8. The summed E-state index contributed by atoms with van der Waals surface area (Å²) in [6.45, 7) is 5.68. The van der Waals surface area contributed by atoms with Crippen LogP contribution in [0.1, 0.15) is 19.4 Å². The molecule has 0 amide bonds. The average molecular weight is 358 g/mol. The van der Waals surface area contributed by atoms with Gasteiger partial charge in [-0.05, 0) is 32.9 Å². The van der Waals surface area contributed by atoms with E-state index in [0.29, 0.717) is 0 Å². The molecule has 1 aromatic rings. The summed E-state index contributed by atoms with van der Waals surface area (Å²) in [6.07, 6.45) is -2.80. The SMILES string of the molecule is CO[C@@H]1O[C@@H]2COC(C)(C)O[C@@H]2[C@H]1OS(=O)(=O)c1ccc(C)cc1. The van der Waals surface area contributed by atoms with Crippen LogP contribution in [0.5, 0.6) is 0 Å². The molecule has 24 heavy (non-hydrogen) atoms. The molecule has 0 aromatic heterocycles. The Kier molecular flexibility index (Phi) is 4.71. The maximum atomic E-state index is 12.6. The number of methoxy groups -OCH3 is 1. The van der Waals surface area contributed by atoms with E-state index in [-0.39, 0.29) is 11.5 Å². The van der Waals surface area contributed by atoms with Gasteiger partial charge in [-0.1, -0.05) is 17.7 Å². The zero-order chi connectivity index (χ0) is 17.5. The van der Waals surface area contributed by atoms with Gasteiger partial charge in [0.25, 0.3) is 10.1 Å². The molecule has 0 saturated carbocycles. The zero-order valence-corrected chi connectivity index (χ0v) is 14.9. The van der Waals surface area contributed by atoms with Crippen LogP contribution in [-0.2, 0) is 33.2 Å². The Labute approximate surface area is 141 Å². The van der Waals surface area contributed by atoms with Crippen molar-refractivity contribution < 1.29 is 31.5 Å². The van der Waals surface area contributed by atoms with E-state index in [1.165, 1.54) is 19.2 Å². The molecular formula is C16H22O7S. The quantitative estimate of drug-likeness (QED) is 0.756. The Hall–Kier alpha value is -1.03. The lowest BCUT2D eigenvalue weighted by molar-refractivity contribution is -0.299. The van der Waals surface area contributed by atoms with E-state index in [0.717, 1.165) is 5.56 Å². The minimum Gasteiger partial charge on any atom is -0.353 e. The number of hydrogen-bond donors (Lipinski definition) is 0. The zero-order valence-electron chi connectivity index (χ0n) is 14.1. The van der Waals surface area contributed by atoms with Crippen molar-refractivity contribution in [3.63, 3.8) is 0 Å². The van der Waals surface area contributed by atoms with Crippen molar-refractivity contribution in [2.75, 3.05) is 13.7 Å². The fourth-order valence-electron chi connectivity index (χ4n) is 2.81. The van der Waals surface area contributed by atoms with Crippen LogP contribution in [0, 0.1) is 6.92 Å². The Bertz CT molecular complexity index is 683. The van der Waals surface area contributed by atoms with E-state index in [9.17, 15) is 8.42 Å². The van der Waals surface area contributed by atoms with E-state index < -0.39 is 40.5 Å². The van der Waals surface area contributed by atoms with Gasteiger partial charge in [-0.15, -0.1) is 0 Å². The minimum absolute atomic E-state index is 0.0812. The van der Waals surface area contributed by atoms with Gasteiger partial charge in [0.2, 0.25) is 0 Å². The van der Waals surface area contributed by atoms with Gasteiger partial charge < -0.3 is 18.9 Å². The topological polar surface area (TPSA) is 80.3 Å². The molecule has 134 valence electrons. The van der Waals surface area contributed by atoms with Crippen molar-refractivity contribution in [1.29, 1.82) is 0 Å². The van der Waals surface area contributed by atoms with Gasteiger partial charge in [-0.3, -0.25) is 4.18 Å². The third-order valence-electron chi connectivity index (χ3n) is 4.06. The third kappa shape index (κ3) is 3.49. The molecule has 0 spiro atoms. The van der Waals surface area contributed by atoms with Crippen LogP contribution in [0.4, 0.5) is 0 Å². The van der Waals surface area contributed by atoms with E-state index in [4.69, 9.17) is 23.1 Å². The fourth-order valence-corrected chi connectivity index (χ4v) is 3.89. The Morgan fingerprint density at radius 3 is 2.50 bits per heavy atom. The summed E-state index contributed by atoms with van der Waals surface area (Å²) in [7, 11) is -2.54. The summed E-state index contributed by atoms with van der Waals surface area (Å²) < 4.78 is 52.9. The van der Waals surface area contributed by atoms with Crippen LogP contribution in [-0.4, -0.2) is 52.5 Å². The van der Waals surface area contributed by atoms with Gasteiger partial charge in [0.1, 0.15) is 12.2 Å². The van der Waals surface area contributed by atoms with Crippen molar-refractivity contribution in [2.45, 2.75) is 56.1 Å². The van der Waals surface area contributed by atoms with Crippen LogP contribution in [0.3, 0.4) is 0 Å². The summed E-state index contributed by atoms with van der Waals surface area (Å²) in [4.78, 5) is 0.0812. The van der Waals surface area contributed by atoms with Crippen molar-refractivity contribution in [3.05, 3.63) is 29.8 Å². The monoisotopic (exact) mass is 358 g/mol. The van der Waals surface area contributed by atoms with Crippen molar-refractivity contribution in [3.8, 4) is 0 Å². The van der Waals surface area contributed by atoms with Gasteiger partial charge in [-0.2, -0.15) is 8.42 Å². The Balaban J connectivity index is 1.84. The van der Waals surface area contributed by atoms with E-state index in [1.807, 2.05) is 6.92 Å². The van der Waals surface area contributed by atoms with Gasteiger partial charge in [0, 0.05) is 7.11 Å². The van der Waals surface area contributed by atoms with Crippen LogP contribution in [0.25, 0.3) is 0 Å². The predicted molar refractivity (Wildman–Crippen MR) is 83.8 cm³/mol. The molecule has 3 rings (SSSR count). The summed E-state index contributed by atoms with van der Waals surface area (Å²) >= 11 is 0. The van der Waals surface area contributed by atoms with E-state index >= 15 is 0 Å². The van der Waals surface area contributed by atoms with Gasteiger partial charge in [0.05, 0.1) is 11.5 Å². The summed E-state index contributed by atoms with van der Waals surface area (Å²) in [5, 5.41) is 0. The molecule has 0 bridgehead atoms. The molecule has 0 N–H and O–H groups in total. The molecule has 2 heterocycles. The summed E-state index contributed by atoms with van der Waals surface area (Å²) in [6, 6.07) is 6.45. The van der Waals surface area contributed by atoms with Gasteiger partial charge >= 0.3 is 0 Å². The highest BCUT2D eigenvalue weighted by Crippen LogP contribution is 2.36. The smallest absolute Gasteiger partial charge is 0.297 e.